The van der Waals surface area contributed by atoms with Crippen molar-refractivity contribution in [2.24, 2.45) is 7.05 Å². The van der Waals surface area contributed by atoms with E-state index in [1.54, 1.807) is 36.3 Å². The Morgan fingerprint density at radius 1 is 1.46 bits per heavy atom. The summed E-state index contributed by atoms with van der Waals surface area (Å²) in [7, 11) is 3.69. The minimum Gasteiger partial charge on any atom is -0.408 e. The van der Waals surface area contributed by atoms with E-state index in [0.717, 1.165) is 18.7 Å². The Morgan fingerprint density at radius 3 is 3.04 bits per heavy atom. The summed E-state index contributed by atoms with van der Waals surface area (Å²) >= 11 is 0. The van der Waals surface area contributed by atoms with Crippen molar-refractivity contribution in [1.82, 2.24) is 19.4 Å². The van der Waals surface area contributed by atoms with E-state index in [2.05, 4.69) is 15.3 Å². The molecule has 3 rings (SSSR count). The van der Waals surface area contributed by atoms with E-state index >= 15 is 0 Å². The summed E-state index contributed by atoms with van der Waals surface area (Å²) in [6.07, 6.45) is 5.30. The first-order valence-corrected chi connectivity index (χ1v) is 7.64. The molecular formula is C16H19N5O3. The third kappa shape index (κ3) is 3.48. The van der Waals surface area contributed by atoms with Gasteiger partial charge >= 0.3 is 11.8 Å². The fraction of sp³-hybridized carbons (Fsp3) is 0.312. The SMILES string of the molecule is CN(CCCc1nccn1C)C(=O)Nc1ccc2[nH]c(=O)oc2c1. The van der Waals surface area contributed by atoms with Crippen molar-refractivity contribution in [3.05, 3.63) is 47.0 Å². The number of anilines is 1. The average molecular weight is 329 g/mol. The number of benzene rings is 1. The Bertz CT molecular complexity index is 908. The second-order valence-electron chi connectivity index (χ2n) is 5.64. The third-order valence-electron chi connectivity index (χ3n) is 3.83. The maximum atomic E-state index is 12.2. The largest absolute Gasteiger partial charge is 0.417 e. The summed E-state index contributed by atoms with van der Waals surface area (Å²) in [5, 5.41) is 2.79. The van der Waals surface area contributed by atoms with E-state index in [9.17, 15) is 9.59 Å². The van der Waals surface area contributed by atoms with Crippen LogP contribution in [-0.2, 0) is 13.5 Å². The second kappa shape index (κ2) is 6.61. The number of imidazole rings is 1. The van der Waals surface area contributed by atoms with Crippen molar-refractivity contribution >= 4 is 22.8 Å². The van der Waals surface area contributed by atoms with Gasteiger partial charge in [0.25, 0.3) is 0 Å². The van der Waals surface area contributed by atoms with Gasteiger partial charge < -0.3 is 19.2 Å². The van der Waals surface area contributed by atoms with Gasteiger partial charge in [-0.1, -0.05) is 0 Å². The fourth-order valence-corrected chi connectivity index (χ4v) is 2.46. The molecule has 24 heavy (non-hydrogen) atoms. The maximum absolute atomic E-state index is 12.2. The zero-order chi connectivity index (χ0) is 17.1. The molecule has 2 aromatic heterocycles. The van der Waals surface area contributed by atoms with Crippen LogP contribution in [0.5, 0.6) is 0 Å². The number of aryl methyl sites for hydroxylation is 2. The lowest BCUT2D eigenvalue weighted by molar-refractivity contribution is 0.222. The van der Waals surface area contributed by atoms with Crippen molar-refractivity contribution in [3.8, 4) is 0 Å². The number of nitrogens with zero attached hydrogens (tertiary/aromatic N) is 3. The molecule has 0 aliphatic carbocycles. The first-order valence-electron chi connectivity index (χ1n) is 7.64. The Kier molecular flexibility index (Phi) is 4.37. The quantitative estimate of drug-likeness (QED) is 0.748. The molecule has 0 aliphatic rings. The summed E-state index contributed by atoms with van der Waals surface area (Å²) in [6, 6.07) is 4.81. The smallest absolute Gasteiger partial charge is 0.408 e. The molecule has 0 bridgehead atoms. The standard InChI is InChI=1S/C16H19N5O3/c1-20-9-7-17-14(20)4-3-8-21(2)15(22)18-11-5-6-12-13(10-11)24-16(23)19-12/h5-7,9-10H,3-4,8H2,1-2H3,(H,18,22)(H,19,23). The minimum atomic E-state index is -0.514. The van der Waals surface area contributed by atoms with Gasteiger partial charge in [-0.2, -0.15) is 0 Å². The highest BCUT2D eigenvalue weighted by molar-refractivity contribution is 5.91. The van der Waals surface area contributed by atoms with Gasteiger partial charge in [-0.25, -0.2) is 14.6 Å². The van der Waals surface area contributed by atoms with Gasteiger partial charge in [-0.3, -0.25) is 4.98 Å². The number of amides is 2. The number of oxazole rings is 1. The van der Waals surface area contributed by atoms with Crippen LogP contribution < -0.4 is 11.1 Å². The van der Waals surface area contributed by atoms with Gasteiger partial charge in [-0.05, 0) is 18.6 Å². The van der Waals surface area contributed by atoms with Crippen LogP contribution in [0.15, 0.2) is 39.8 Å². The summed E-state index contributed by atoms with van der Waals surface area (Å²) in [4.78, 5) is 31.8. The highest BCUT2D eigenvalue weighted by atomic mass is 16.4. The van der Waals surface area contributed by atoms with Crippen molar-refractivity contribution in [2.45, 2.75) is 12.8 Å². The summed E-state index contributed by atoms with van der Waals surface area (Å²) in [5.41, 5.74) is 1.59. The molecule has 2 N–H and O–H groups in total. The Balaban J connectivity index is 1.54. The predicted molar refractivity (Wildman–Crippen MR) is 90.0 cm³/mol. The number of rotatable bonds is 5. The first-order chi connectivity index (χ1) is 11.5. The molecule has 8 nitrogen and oxygen atoms in total. The molecule has 0 saturated carbocycles. The van der Waals surface area contributed by atoms with Gasteiger partial charge in [0.2, 0.25) is 0 Å². The number of aromatic nitrogens is 3. The molecular weight excluding hydrogens is 310 g/mol. The van der Waals surface area contributed by atoms with E-state index in [-0.39, 0.29) is 6.03 Å². The second-order valence-corrected chi connectivity index (χ2v) is 5.64. The van der Waals surface area contributed by atoms with E-state index in [1.165, 1.54) is 0 Å². The zero-order valence-corrected chi connectivity index (χ0v) is 13.6. The number of hydrogen-bond donors (Lipinski definition) is 2. The number of carbonyl (C=O) groups excluding carboxylic acids is 1. The Morgan fingerprint density at radius 2 is 2.29 bits per heavy atom. The topological polar surface area (TPSA) is 96.2 Å². The molecule has 0 saturated heterocycles. The van der Waals surface area contributed by atoms with E-state index in [0.29, 0.717) is 23.3 Å². The molecule has 0 aliphatic heterocycles. The number of aromatic amines is 1. The predicted octanol–water partition coefficient (Wildman–Crippen LogP) is 1.95. The summed E-state index contributed by atoms with van der Waals surface area (Å²) < 4.78 is 6.95. The molecule has 3 aromatic rings. The molecule has 0 radical (unpaired) electrons. The van der Waals surface area contributed by atoms with Crippen LogP contribution >= 0.6 is 0 Å². The minimum absolute atomic E-state index is 0.216. The lowest BCUT2D eigenvalue weighted by Crippen LogP contribution is -2.32. The molecule has 1 aromatic carbocycles. The van der Waals surface area contributed by atoms with Crippen LogP contribution in [0.1, 0.15) is 12.2 Å². The molecule has 0 unspecified atom stereocenters. The fourth-order valence-electron chi connectivity index (χ4n) is 2.46. The highest BCUT2D eigenvalue weighted by Crippen LogP contribution is 2.16. The number of fused-ring (bicyclic) bond motifs is 1. The third-order valence-corrected chi connectivity index (χ3v) is 3.83. The molecule has 126 valence electrons. The van der Waals surface area contributed by atoms with Crippen LogP contribution in [-0.4, -0.2) is 39.1 Å². The van der Waals surface area contributed by atoms with Crippen molar-refractivity contribution < 1.29 is 9.21 Å². The monoisotopic (exact) mass is 329 g/mol. The van der Waals surface area contributed by atoms with Gasteiger partial charge in [0.15, 0.2) is 5.58 Å². The number of hydrogen-bond acceptors (Lipinski definition) is 4. The molecule has 2 heterocycles. The zero-order valence-electron chi connectivity index (χ0n) is 13.6. The van der Waals surface area contributed by atoms with E-state index < -0.39 is 5.76 Å². The number of nitrogens with one attached hydrogen (secondary N) is 2. The maximum Gasteiger partial charge on any atom is 0.417 e. The van der Waals surface area contributed by atoms with Crippen LogP contribution in [0.4, 0.5) is 10.5 Å². The molecule has 2 amide bonds. The summed E-state index contributed by atoms with van der Waals surface area (Å²) in [5.74, 6) is 0.483. The van der Waals surface area contributed by atoms with Gasteiger partial charge in [-0.15, -0.1) is 0 Å². The van der Waals surface area contributed by atoms with Crippen LogP contribution in [0.3, 0.4) is 0 Å². The van der Waals surface area contributed by atoms with Crippen molar-refractivity contribution in [2.75, 3.05) is 18.9 Å². The van der Waals surface area contributed by atoms with Crippen LogP contribution in [0, 0.1) is 0 Å². The van der Waals surface area contributed by atoms with E-state index in [4.69, 9.17) is 4.42 Å². The molecule has 8 heteroatoms. The van der Waals surface area contributed by atoms with Crippen molar-refractivity contribution in [1.29, 1.82) is 0 Å². The first kappa shape index (κ1) is 15.9. The Labute approximate surface area is 138 Å². The van der Waals surface area contributed by atoms with Crippen molar-refractivity contribution in [3.63, 3.8) is 0 Å². The van der Waals surface area contributed by atoms with Gasteiger partial charge in [0.1, 0.15) is 5.82 Å². The molecule has 0 fully saturated rings. The molecule has 0 spiro atoms. The normalized spacial score (nSPS) is 10.9. The number of urea groups is 1. The average Bonchev–Trinajstić information content (AvgIpc) is 3.11. The van der Waals surface area contributed by atoms with Crippen LogP contribution in [0.25, 0.3) is 11.1 Å². The van der Waals surface area contributed by atoms with Gasteiger partial charge in [0.05, 0.1) is 5.52 Å². The van der Waals surface area contributed by atoms with Crippen LogP contribution in [0.2, 0.25) is 0 Å². The Hall–Kier alpha value is -3.03. The van der Waals surface area contributed by atoms with Gasteiger partial charge in [0, 0.05) is 51.2 Å². The molecule has 0 atom stereocenters. The number of H-pyrrole nitrogens is 1. The summed E-state index contributed by atoms with van der Waals surface area (Å²) in [6.45, 7) is 0.611. The van der Waals surface area contributed by atoms with E-state index in [1.807, 2.05) is 17.8 Å². The lowest BCUT2D eigenvalue weighted by Gasteiger charge is -2.17. The highest BCUT2D eigenvalue weighted by Gasteiger charge is 2.10. The number of carbonyl (C=O) groups is 1. The lowest BCUT2D eigenvalue weighted by atomic mass is 10.3.